The van der Waals surface area contributed by atoms with Gasteiger partial charge in [0.1, 0.15) is 0 Å². The lowest BCUT2D eigenvalue weighted by molar-refractivity contribution is -0.122. The number of para-hydroxylation sites is 1. The minimum Gasteiger partial charge on any atom is -0.326 e. The Kier molecular flexibility index (Phi) is 9.90. The van der Waals surface area contributed by atoms with Crippen molar-refractivity contribution >= 4 is 11.6 Å². The van der Waals surface area contributed by atoms with Gasteiger partial charge in [0, 0.05) is 17.6 Å². The summed E-state index contributed by atoms with van der Waals surface area (Å²) in [5.41, 5.74) is 0.917. The zero-order chi connectivity index (χ0) is 19.5. The highest BCUT2D eigenvalue weighted by Crippen LogP contribution is 2.32. The number of hydrogen-bond acceptors (Lipinski definition) is 2. The summed E-state index contributed by atoms with van der Waals surface area (Å²) < 4.78 is 0. The third-order valence-corrected chi connectivity index (χ3v) is 6.33. The van der Waals surface area contributed by atoms with Crippen molar-refractivity contribution in [2.24, 2.45) is 11.8 Å². The van der Waals surface area contributed by atoms with Gasteiger partial charge in [-0.3, -0.25) is 4.79 Å². The molecule has 1 heterocycles. The van der Waals surface area contributed by atoms with Gasteiger partial charge in [-0.15, -0.1) is 0 Å². The standard InChI is InChI=1S/C24H40N2O/c1-4-7-8-9-11-14-20(5-2)23-19-21(17-18-26(23)6-3)24(27)25-22-15-12-10-13-16-22/h10,12-13,15-16,20-21,23H,4-9,11,14,17-19H2,1-3H3,(H,25,27). The number of hydrogen-bond donors (Lipinski definition) is 1. The normalized spacial score (nSPS) is 21.7. The third kappa shape index (κ3) is 6.95. The fraction of sp³-hybridized carbons (Fsp3) is 0.708. The first-order valence-corrected chi connectivity index (χ1v) is 11.3. The fourth-order valence-electron chi connectivity index (χ4n) is 4.61. The van der Waals surface area contributed by atoms with Crippen LogP contribution in [0.2, 0.25) is 0 Å². The molecular formula is C24H40N2O. The number of likely N-dealkylation sites (tertiary alicyclic amines) is 1. The van der Waals surface area contributed by atoms with Crippen LogP contribution < -0.4 is 5.32 Å². The van der Waals surface area contributed by atoms with Gasteiger partial charge < -0.3 is 10.2 Å². The molecular weight excluding hydrogens is 332 g/mol. The molecule has 1 saturated heterocycles. The van der Waals surface area contributed by atoms with Crippen molar-refractivity contribution < 1.29 is 4.79 Å². The molecule has 27 heavy (non-hydrogen) atoms. The number of rotatable bonds is 11. The molecule has 152 valence electrons. The lowest BCUT2D eigenvalue weighted by Gasteiger charge is -2.42. The molecule has 0 radical (unpaired) electrons. The minimum absolute atomic E-state index is 0.146. The van der Waals surface area contributed by atoms with Crippen LogP contribution in [0.3, 0.4) is 0 Å². The molecule has 0 bridgehead atoms. The number of unbranched alkanes of at least 4 members (excludes halogenated alkanes) is 4. The van der Waals surface area contributed by atoms with E-state index in [4.69, 9.17) is 0 Å². The van der Waals surface area contributed by atoms with Crippen LogP contribution in [0.5, 0.6) is 0 Å². The maximum Gasteiger partial charge on any atom is 0.227 e. The molecule has 1 amide bonds. The molecule has 0 saturated carbocycles. The Hall–Kier alpha value is -1.35. The monoisotopic (exact) mass is 372 g/mol. The number of carbonyl (C=O) groups excluding carboxylic acids is 1. The molecule has 2 rings (SSSR count). The summed E-state index contributed by atoms with van der Waals surface area (Å²) in [6.45, 7) is 9.03. The Labute approximate surface area is 166 Å². The number of nitrogens with zero attached hydrogens (tertiary/aromatic N) is 1. The SMILES string of the molecule is CCCCCCCC(CC)C1CC(C(=O)Nc2ccccc2)CCN1CC. The number of anilines is 1. The van der Waals surface area contributed by atoms with Crippen LogP contribution in [-0.4, -0.2) is 29.9 Å². The van der Waals surface area contributed by atoms with Gasteiger partial charge >= 0.3 is 0 Å². The Bertz CT molecular complexity index is 530. The van der Waals surface area contributed by atoms with Gasteiger partial charge in [-0.25, -0.2) is 0 Å². The van der Waals surface area contributed by atoms with Crippen molar-refractivity contribution in [3.63, 3.8) is 0 Å². The summed E-state index contributed by atoms with van der Waals surface area (Å²) in [6.07, 6.45) is 11.3. The van der Waals surface area contributed by atoms with E-state index in [1.54, 1.807) is 0 Å². The summed E-state index contributed by atoms with van der Waals surface area (Å²) in [5.74, 6) is 1.07. The molecule has 0 spiro atoms. The molecule has 1 aromatic carbocycles. The van der Waals surface area contributed by atoms with E-state index in [-0.39, 0.29) is 11.8 Å². The zero-order valence-corrected chi connectivity index (χ0v) is 17.8. The highest BCUT2D eigenvalue weighted by Gasteiger charge is 2.35. The van der Waals surface area contributed by atoms with E-state index in [9.17, 15) is 4.79 Å². The first-order valence-electron chi connectivity index (χ1n) is 11.3. The quantitative estimate of drug-likeness (QED) is 0.475. The van der Waals surface area contributed by atoms with Gasteiger partial charge in [-0.2, -0.15) is 0 Å². The molecule has 3 heteroatoms. The van der Waals surface area contributed by atoms with Crippen molar-refractivity contribution in [2.75, 3.05) is 18.4 Å². The van der Waals surface area contributed by atoms with Crippen LogP contribution in [0.1, 0.15) is 78.6 Å². The summed E-state index contributed by atoms with van der Waals surface area (Å²) in [4.78, 5) is 15.5. The van der Waals surface area contributed by atoms with Gasteiger partial charge in [-0.1, -0.05) is 77.5 Å². The van der Waals surface area contributed by atoms with Crippen LogP contribution in [0.4, 0.5) is 5.69 Å². The number of piperidine rings is 1. The van der Waals surface area contributed by atoms with Gasteiger partial charge in [0.2, 0.25) is 5.91 Å². The third-order valence-electron chi connectivity index (χ3n) is 6.33. The van der Waals surface area contributed by atoms with E-state index < -0.39 is 0 Å². The summed E-state index contributed by atoms with van der Waals surface area (Å²) in [5, 5.41) is 3.13. The van der Waals surface area contributed by atoms with Gasteiger partial charge in [0.25, 0.3) is 0 Å². The maximum absolute atomic E-state index is 12.8. The molecule has 0 aromatic heterocycles. The minimum atomic E-state index is 0.146. The molecule has 1 aliphatic rings. The van der Waals surface area contributed by atoms with Gasteiger partial charge in [-0.05, 0) is 50.4 Å². The summed E-state index contributed by atoms with van der Waals surface area (Å²) in [6, 6.07) is 10.4. The van der Waals surface area contributed by atoms with Crippen LogP contribution in [0, 0.1) is 11.8 Å². The lowest BCUT2D eigenvalue weighted by atomic mass is 9.80. The molecule has 3 atom stereocenters. The van der Waals surface area contributed by atoms with Gasteiger partial charge in [0.05, 0.1) is 0 Å². The van der Waals surface area contributed by atoms with Gasteiger partial charge in [0.15, 0.2) is 0 Å². The molecule has 1 aliphatic heterocycles. The topological polar surface area (TPSA) is 32.3 Å². The second kappa shape index (κ2) is 12.2. The average molecular weight is 373 g/mol. The van der Waals surface area contributed by atoms with Crippen LogP contribution in [0.25, 0.3) is 0 Å². The van der Waals surface area contributed by atoms with Crippen molar-refractivity contribution in [3.05, 3.63) is 30.3 Å². The first-order chi connectivity index (χ1) is 13.2. The van der Waals surface area contributed by atoms with Crippen LogP contribution in [-0.2, 0) is 4.79 Å². The number of benzene rings is 1. The molecule has 0 aliphatic carbocycles. The summed E-state index contributed by atoms with van der Waals surface area (Å²) in [7, 11) is 0. The summed E-state index contributed by atoms with van der Waals surface area (Å²) >= 11 is 0. The largest absolute Gasteiger partial charge is 0.326 e. The maximum atomic E-state index is 12.8. The Morgan fingerprint density at radius 2 is 1.85 bits per heavy atom. The van der Waals surface area contributed by atoms with Crippen molar-refractivity contribution in [1.82, 2.24) is 4.90 Å². The predicted octanol–water partition coefficient (Wildman–Crippen LogP) is 6.11. The smallest absolute Gasteiger partial charge is 0.227 e. The van der Waals surface area contributed by atoms with Crippen molar-refractivity contribution in [1.29, 1.82) is 0 Å². The van der Waals surface area contributed by atoms with Crippen LogP contribution >= 0.6 is 0 Å². The average Bonchev–Trinajstić information content (AvgIpc) is 2.71. The number of carbonyl (C=O) groups is 1. The lowest BCUT2D eigenvalue weighted by Crippen LogP contribution is -2.48. The highest BCUT2D eigenvalue weighted by molar-refractivity contribution is 5.92. The van der Waals surface area contributed by atoms with E-state index in [2.05, 4.69) is 31.0 Å². The van der Waals surface area contributed by atoms with E-state index >= 15 is 0 Å². The number of amides is 1. The number of nitrogens with one attached hydrogen (secondary N) is 1. The fourth-order valence-corrected chi connectivity index (χ4v) is 4.61. The Morgan fingerprint density at radius 1 is 1.11 bits per heavy atom. The molecule has 3 unspecified atom stereocenters. The van der Waals surface area contributed by atoms with E-state index in [1.807, 2.05) is 30.3 Å². The Morgan fingerprint density at radius 3 is 2.52 bits per heavy atom. The molecule has 1 N–H and O–H groups in total. The second-order valence-corrected chi connectivity index (χ2v) is 8.14. The van der Waals surface area contributed by atoms with Crippen LogP contribution in [0.15, 0.2) is 30.3 Å². The predicted molar refractivity (Wildman–Crippen MR) is 116 cm³/mol. The Balaban J connectivity index is 1.92. The molecule has 1 fully saturated rings. The zero-order valence-electron chi connectivity index (χ0n) is 17.8. The van der Waals surface area contributed by atoms with Crippen molar-refractivity contribution in [3.8, 4) is 0 Å². The first kappa shape index (κ1) is 21.9. The van der Waals surface area contributed by atoms with Crippen molar-refractivity contribution in [2.45, 2.75) is 84.6 Å². The van der Waals surface area contributed by atoms with E-state index in [0.717, 1.165) is 37.5 Å². The van der Waals surface area contributed by atoms with E-state index in [0.29, 0.717) is 6.04 Å². The second-order valence-electron chi connectivity index (χ2n) is 8.14. The molecule has 1 aromatic rings. The highest BCUT2D eigenvalue weighted by atomic mass is 16.1. The molecule has 3 nitrogen and oxygen atoms in total. The van der Waals surface area contributed by atoms with E-state index in [1.165, 1.54) is 44.9 Å².